The molecule has 100 valence electrons. The van der Waals surface area contributed by atoms with E-state index in [9.17, 15) is 4.79 Å². The molecule has 1 heterocycles. The van der Waals surface area contributed by atoms with Gasteiger partial charge in [0.05, 0.1) is 12.1 Å². The Bertz CT molecular complexity index is 585. The fraction of sp³-hybridized carbons (Fsp3) is 0.231. The smallest absolute Gasteiger partial charge is 0.228 e. The van der Waals surface area contributed by atoms with Crippen molar-refractivity contribution in [3.63, 3.8) is 0 Å². The molecule has 6 heteroatoms. The third kappa shape index (κ3) is 3.78. The van der Waals surface area contributed by atoms with Gasteiger partial charge in [-0.15, -0.1) is 11.3 Å². The summed E-state index contributed by atoms with van der Waals surface area (Å²) < 4.78 is 1.01. The third-order valence-electron chi connectivity index (χ3n) is 2.69. The zero-order valence-corrected chi connectivity index (χ0v) is 12.9. The highest BCUT2D eigenvalue weighted by molar-refractivity contribution is 9.10. The van der Waals surface area contributed by atoms with Crippen molar-refractivity contribution in [3.05, 3.63) is 45.4 Å². The van der Waals surface area contributed by atoms with E-state index in [0.29, 0.717) is 11.7 Å². The van der Waals surface area contributed by atoms with Crippen LogP contribution in [0.4, 0.5) is 5.13 Å². The van der Waals surface area contributed by atoms with Crippen molar-refractivity contribution in [1.82, 2.24) is 9.88 Å². The lowest BCUT2D eigenvalue weighted by molar-refractivity contribution is -0.129. The van der Waals surface area contributed by atoms with Gasteiger partial charge in [0.2, 0.25) is 5.91 Å². The molecule has 1 aromatic carbocycles. The molecule has 0 aliphatic heterocycles. The number of nitrogen functional groups attached to an aromatic ring is 1. The van der Waals surface area contributed by atoms with Gasteiger partial charge in [0.15, 0.2) is 5.13 Å². The number of hydrogen-bond acceptors (Lipinski definition) is 4. The monoisotopic (exact) mass is 339 g/mol. The first-order valence-corrected chi connectivity index (χ1v) is 7.41. The summed E-state index contributed by atoms with van der Waals surface area (Å²) >= 11 is 4.83. The van der Waals surface area contributed by atoms with Gasteiger partial charge in [-0.2, -0.15) is 0 Å². The zero-order valence-electron chi connectivity index (χ0n) is 10.5. The number of thiazole rings is 1. The molecule has 0 aliphatic rings. The van der Waals surface area contributed by atoms with E-state index in [-0.39, 0.29) is 12.3 Å². The van der Waals surface area contributed by atoms with Gasteiger partial charge in [-0.3, -0.25) is 4.79 Å². The summed E-state index contributed by atoms with van der Waals surface area (Å²) in [4.78, 5) is 17.9. The minimum atomic E-state index is 0.0288. The third-order valence-corrected chi connectivity index (χ3v) is 4.19. The normalized spacial score (nSPS) is 10.4. The second-order valence-electron chi connectivity index (χ2n) is 4.20. The summed E-state index contributed by atoms with van der Waals surface area (Å²) in [6, 6.07) is 7.87. The van der Waals surface area contributed by atoms with Crippen LogP contribution >= 0.6 is 27.3 Å². The SMILES string of the molecule is CN(Cc1ccccc1Br)C(=O)Cc1csc(N)n1. The number of nitrogens with zero attached hydrogens (tertiary/aromatic N) is 2. The number of amides is 1. The quantitative estimate of drug-likeness (QED) is 0.931. The molecule has 1 aromatic heterocycles. The second-order valence-corrected chi connectivity index (χ2v) is 5.94. The van der Waals surface area contributed by atoms with Gasteiger partial charge in [-0.1, -0.05) is 34.1 Å². The van der Waals surface area contributed by atoms with E-state index < -0.39 is 0 Å². The van der Waals surface area contributed by atoms with Crippen molar-refractivity contribution in [2.75, 3.05) is 12.8 Å². The fourth-order valence-corrected chi connectivity index (χ4v) is 2.64. The van der Waals surface area contributed by atoms with Gasteiger partial charge in [0.25, 0.3) is 0 Å². The molecule has 0 aliphatic carbocycles. The number of benzene rings is 1. The Kier molecular flexibility index (Phi) is 4.55. The number of carbonyl (C=O) groups is 1. The Labute approximate surface area is 124 Å². The van der Waals surface area contributed by atoms with Crippen LogP contribution in [0.15, 0.2) is 34.1 Å². The number of likely N-dealkylation sites (N-methyl/N-ethyl adjacent to an activating group) is 1. The zero-order chi connectivity index (χ0) is 13.8. The minimum absolute atomic E-state index is 0.0288. The maximum Gasteiger partial charge on any atom is 0.228 e. The summed E-state index contributed by atoms with van der Waals surface area (Å²) in [7, 11) is 1.79. The van der Waals surface area contributed by atoms with Gasteiger partial charge >= 0.3 is 0 Å². The molecule has 2 rings (SSSR count). The largest absolute Gasteiger partial charge is 0.375 e. The van der Waals surface area contributed by atoms with Gasteiger partial charge < -0.3 is 10.6 Å². The molecule has 1 amide bonds. The van der Waals surface area contributed by atoms with Gasteiger partial charge in [-0.25, -0.2) is 4.98 Å². The maximum atomic E-state index is 12.1. The molecule has 0 unspecified atom stereocenters. The highest BCUT2D eigenvalue weighted by Crippen LogP contribution is 2.18. The summed E-state index contributed by atoms with van der Waals surface area (Å²) in [5, 5.41) is 2.32. The van der Waals surface area contributed by atoms with Crippen molar-refractivity contribution >= 4 is 38.3 Å². The standard InChI is InChI=1S/C13H14BrN3OS/c1-17(7-9-4-2-3-5-11(9)14)12(18)6-10-8-19-13(15)16-10/h2-5,8H,6-7H2,1H3,(H2,15,16). The van der Waals surface area contributed by atoms with Crippen LogP contribution < -0.4 is 5.73 Å². The van der Waals surface area contributed by atoms with Crippen LogP contribution in [0.3, 0.4) is 0 Å². The highest BCUT2D eigenvalue weighted by Gasteiger charge is 2.13. The second kappa shape index (κ2) is 6.16. The van der Waals surface area contributed by atoms with Crippen LogP contribution in [0.1, 0.15) is 11.3 Å². The van der Waals surface area contributed by atoms with Crippen molar-refractivity contribution in [1.29, 1.82) is 0 Å². The highest BCUT2D eigenvalue weighted by atomic mass is 79.9. The van der Waals surface area contributed by atoms with E-state index in [4.69, 9.17) is 5.73 Å². The van der Waals surface area contributed by atoms with E-state index in [1.54, 1.807) is 11.9 Å². The van der Waals surface area contributed by atoms with E-state index in [1.807, 2.05) is 29.6 Å². The van der Waals surface area contributed by atoms with Crippen molar-refractivity contribution in [3.8, 4) is 0 Å². The van der Waals surface area contributed by atoms with Crippen LogP contribution in [0.2, 0.25) is 0 Å². The minimum Gasteiger partial charge on any atom is -0.375 e. The number of rotatable bonds is 4. The Hall–Kier alpha value is -1.40. The number of hydrogen-bond donors (Lipinski definition) is 1. The predicted molar refractivity (Wildman–Crippen MR) is 80.8 cm³/mol. The van der Waals surface area contributed by atoms with Crippen molar-refractivity contribution in [2.24, 2.45) is 0 Å². The van der Waals surface area contributed by atoms with Crippen LogP contribution in [0.25, 0.3) is 0 Å². The first kappa shape index (κ1) is 14.0. The summed E-state index contributed by atoms with van der Waals surface area (Å²) in [6.45, 7) is 0.569. The molecule has 0 saturated carbocycles. The summed E-state index contributed by atoms with van der Waals surface area (Å²) in [5.74, 6) is 0.0288. The average molecular weight is 340 g/mol. The molecule has 0 atom stereocenters. The number of carbonyl (C=O) groups excluding carboxylic acids is 1. The summed E-state index contributed by atoms with van der Waals surface area (Å²) in [5.41, 5.74) is 7.36. The molecule has 2 aromatic rings. The number of nitrogens with two attached hydrogens (primary N) is 1. The van der Waals surface area contributed by atoms with Crippen molar-refractivity contribution in [2.45, 2.75) is 13.0 Å². The van der Waals surface area contributed by atoms with Crippen molar-refractivity contribution < 1.29 is 4.79 Å². The molecule has 0 saturated heterocycles. The number of anilines is 1. The van der Waals surface area contributed by atoms with E-state index in [2.05, 4.69) is 20.9 Å². The van der Waals surface area contributed by atoms with Crippen LogP contribution in [-0.4, -0.2) is 22.8 Å². The average Bonchev–Trinajstić information content (AvgIpc) is 2.77. The molecule has 0 bridgehead atoms. The van der Waals surface area contributed by atoms with E-state index in [1.165, 1.54) is 11.3 Å². The Balaban J connectivity index is 1.98. The topological polar surface area (TPSA) is 59.2 Å². The summed E-state index contributed by atoms with van der Waals surface area (Å²) in [6.07, 6.45) is 0.286. The molecular formula is C13H14BrN3OS. The molecule has 4 nitrogen and oxygen atoms in total. The van der Waals surface area contributed by atoms with E-state index in [0.717, 1.165) is 15.7 Å². The number of halogens is 1. The Morgan fingerprint density at radius 2 is 2.21 bits per heavy atom. The first-order chi connectivity index (χ1) is 9.06. The van der Waals surface area contributed by atoms with Crippen LogP contribution in [0.5, 0.6) is 0 Å². The molecule has 0 spiro atoms. The predicted octanol–water partition coefficient (Wildman–Crippen LogP) is 2.69. The van der Waals surface area contributed by atoms with Gasteiger partial charge in [-0.05, 0) is 11.6 Å². The Morgan fingerprint density at radius 1 is 1.47 bits per heavy atom. The molecular weight excluding hydrogens is 326 g/mol. The lowest BCUT2D eigenvalue weighted by Crippen LogP contribution is -2.28. The van der Waals surface area contributed by atoms with Gasteiger partial charge in [0, 0.05) is 23.4 Å². The lowest BCUT2D eigenvalue weighted by Gasteiger charge is -2.17. The van der Waals surface area contributed by atoms with Crippen LogP contribution in [-0.2, 0) is 17.8 Å². The Morgan fingerprint density at radius 3 is 2.84 bits per heavy atom. The molecule has 2 N–H and O–H groups in total. The molecule has 0 radical (unpaired) electrons. The first-order valence-electron chi connectivity index (χ1n) is 5.73. The van der Waals surface area contributed by atoms with E-state index >= 15 is 0 Å². The number of aromatic nitrogens is 1. The fourth-order valence-electron chi connectivity index (χ4n) is 1.66. The van der Waals surface area contributed by atoms with Gasteiger partial charge in [0.1, 0.15) is 0 Å². The molecule has 0 fully saturated rings. The van der Waals surface area contributed by atoms with Crippen LogP contribution in [0, 0.1) is 0 Å². The lowest BCUT2D eigenvalue weighted by atomic mass is 10.2. The maximum absolute atomic E-state index is 12.1. The molecule has 19 heavy (non-hydrogen) atoms.